The van der Waals surface area contributed by atoms with Crippen LogP contribution < -0.4 is 19.5 Å². The number of rotatable bonds is 10. The number of carboxylic acid groups (broad SMARTS) is 1. The molecule has 0 unspecified atom stereocenters. The van der Waals surface area contributed by atoms with Gasteiger partial charge in [-0.3, -0.25) is 4.98 Å². The van der Waals surface area contributed by atoms with E-state index < -0.39 is 11.5 Å². The number of ether oxygens (including phenoxy) is 3. The molecule has 3 atom stereocenters. The molecule has 1 spiro atoms. The lowest BCUT2D eigenvalue weighted by molar-refractivity contribution is -0.144. The maximum atomic E-state index is 12.8. The highest BCUT2D eigenvalue weighted by molar-refractivity contribution is 6.30. The number of carboxylic acids is 1. The third kappa shape index (κ3) is 5.96. The Balaban J connectivity index is 1.26. The predicted molar refractivity (Wildman–Crippen MR) is 177 cm³/mol. The van der Waals surface area contributed by atoms with Gasteiger partial charge in [-0.05, 0) is 128 Å². The minimum Gasteiger partial charge on any atom is -0.493 e. The van der Waals surface area contributed by atoms with Crippen LogP contribution in [0.2, 0.25) is 5.02 Å². The molecule has 240 valence electrons. The summed E-state index contributed by atoms with van der Waals surface area (Å²) in [5.74, 6) is 2.72. The molecule has 7 nitrogen and oxygen atoms in total. The van der Waals surface area contributed by atoms with Gasteiger partial charge in [0.15, 0.2) is 11.5 Å². The van der Waals surface area contributed by atoms with Crippen LogP contribution in [0.1, 0.15) is 87.1 Å². The number of aryl methyl sites for hydroxylation is 1. The maximum Gasteiger partial charge on any atom is 0.329 e. The van der Waals surface area contributed by atoms with E-state index in [2.05, 4.69) is 36.3 Å². The highest BCUT2D eigenvalue weighted by atomic mass is 35.5. The van der Waals surface area contributed by atoms with Crippen molar-refractivity contribution in [3.05, 3.63) is 76.1 Å². The van der Waals surface area contributed by atoms with Crippen LogP contribution in [0.3, 0.4) is 0 Å². The smallest absolute Gasteiger partial charge is 0.329 e. The van der Waals surface area contributed by atoms with Crippen LogP contribution in [0.15, 0.2) is 48.7 Å². The fraction of sp³-hybridized carbons (Fsp3) is 0.514. The first-order chi connectivity index (χ1) is 21.7. The van der Waals surface area contributed by atoms with E-state index in [0.717, 1.165) is 55.0 Å². The number of hydrogen-bond donors (Lipinski definition) is 2. The summed E-state index contributed by atoms with van der Waals surface area (Å²) in [5.41, 5.74) is 4.51. The topological polar surface area (TPSA) is 89.9 Å². The zero-order valence-electron chi connectivity index (χ0n) is 26.8. The molecule has 45 heavy (non-hydrogen) atoms. The molecule has 8 heteroatoms. The average Bonchev–Trinajstić information content (AvgIpc) is 3.31. The molecule has 3 aliphatic carbocycles. The van der Waals surface area contributed by atoms with Gasteiger partial charge in [0.25, 0.3) is 0 Å². The average molecular weight is 633 g/mol. The van der Waals surface area contributed by atoms with Gasteiger partial charge in [0.1, 0.15) is 11.3 Å². The Hall–Kier alpha value is -3.45. The van der Waals surface area contributed by atoms with Crippen LogP contribution in [0.4, 0.5) is 5.69 Å². The zero-order valence-corrected chi connectivity index (χ0v) is 27.6. The van der Waals surface area contributed by atoms with E-state index in [-0.39, 0.29) is 5.41 Å². The van der Waals surface area contributed by atoms with Gasteiger partial charge in [0.05, 0.1) is 20.8 Å². The Bertz CT molecular complexity index is 1550. The molecule has 1 saturated carbocycles. The van der Waals surface area contributed by atoms with Crippen LogP contribution >= 0.6 is 11.6 Å². The first-order valence-electron chi connectivity index (χ1n) is 16.3. The quantitative estimate of drug-likeness (QED) is 0.233. The number of aromatic nitrogens is 1. The molecule has 2 aromatic carbocycles. The number of aliphatic carboxylic acids is 1. The first-order valence-corrected chi connectivity index (χ1v) is 16.7. The van der Waals surface area contributed by atoms with E-state index in [1.54, 1.807) is 26.4 Å². The monoisotopic (exact) mass is 632 g/mol. The van der Waals surface area contributed by atoms with E-state index in [1.807, 2.05) is 24.4 Å². The van der Waals surface area contributed by atoms with Crippen molar-refractivity contribution in [1.82, 2.24) is 4.98 Å². The van der Waals surface area contributed by atoms with Crippen LogP contribution in [-0.2, 0) is 23.1 Å². The lowest BCUT2D eigenvalue weighted by atomic mass is 9.59. The molecule has 1 aromatic heterocycles. The number of anilines is 1. The Labute approximate surface area is 271 Å². The lowest BCUT2D eigenvalue weighted by Crippen LogP contribution is -2.53. The van der Waals surface area contributed by atoms with Gasteiger partial charge in [0, 0.05) is 28.2 Å². The predicted octanol–water partition coefficient (Wildman–Crippen LogP) is 8.22. The standard InChI is InChI=1S/C37H45ClN2O5/c1-23(22-45-31-11-16-39-30-10-5-7-24(2)34(30)31)17-26-18-25-19-32(43-3)33(44-4)21-29(25)36(26)12-14-37(15-13-36,35(41)42)40-28-9-6-8-27(38)20-28/h6,8-9,11,16,19-21,23-24,26,40H,5,7,10,12-15,17-18,22H2,1-4H3,(H,41,42)/t23-,24-,26+,36?,37?/m1/s1. The lowest BCUT2D eigenvalue weighted by Gasteiger charge is -2.47. The van der Waals surface area contributed by atoms with Gasteiger partial charge < -0.3 is 24.6 Å². The number of carbonyl (C=O) groups is 1. The first kappa shape index (κ1) is 31.5. The summed E-state index contributed by atoms with van der Waals surface area (Å²) in [6.45, 7) is 5.19. The second-order valence-corrected chi connectivity index (χ2v) is 14.0. The van der Waals surface area contributed by atoms with Crippen LogP contribution in [0.25, 0.3) is 0 Å². The van der Waals surface area contributed by atoms with Crippen molar-refractivity contribution < 1.29 is 24.1 Å². The number of hydrogen-bond acceptors (Lipinski definition) is 6. The SMILES string of the molecule is COc1cc2c(cc1OC)C1(CCC(Nc3cccc(Cl)c3)(C(=O)O)CC1)[C@@H](C[C@@H](C)COc1ccnc3c1[C@H](C)CCC3)C2. The summed E-state index contributed by atoms with van der Waals surface area (Å²) >= 11 is 6.25. The summed E-state index contributed by atoms with van der Waals surface area (Å²) in [7, 11) is 3.35. The van der Waals surface area contributed by atoms with Crippen LogP contribution in [-0.4, -0.2) is 42.4 Å². The molecule has 0 bridgehead atoms. The maximum absolute atomic E-state index is 12.8. The molecule has 0 radical (unpaired) electrons. The Morgan fingerprint density at radius 2 is 1.84 bits per heavy atom. The molecule has 1 fully saturated rings. The molecule has 0 aliphatic heterocycles. The molecule has 3 aliphatic rings. The largest absolute Gasteiger partial charge is 0.493 e. The van der Waals surface area contributed by atoms with Crippen molar-refractivity contribution >= 4 is 23.3 Å². The number of fused-ring (bicyclic) bond motifs is 3. The minimum absolute atomic E-state index is 0.164. The molecule has 2 N–H and O–H groups in total. The van der Waals surface area contributed by atoms with Gasteiger partial charge in [0.2, 0.25) is 0 Å². The van der Waals surface area contributed by atoms with Crippen molar-refractivity contribution in [1.29, 1.82) is 0 Å². The molecular formula is C37H45ClN2O5. The van der Waals surface area contributed by atoms with Gasteiger partial charge in [-0.15, -0.1) is 0 Å². The third-order valence-electron chi connectivity index (χ3n) is 10.8. The van der Waals surface area contributed by atoms with E-state index in [0.29, 0.717) is 42.2 Å². The van der Waals surface area contributed by atoms with Gasteiger partial charge in [-0.2, -0.15) is 0 Å². The molecule has 3 aromatic rings. The van der Waals surface area contributed by atoms with Crippen molar-refractivity contribution in [3.8, 4) is 17.2 Å². The fourth-order valence-electron chi connectivity index (χ4n) is 8.43. The van der Waals surface area contributed by atoms with Crippen molar-refractivity contribution in [2.45, 2.75) is 88.5 Å². The highest BCUT2D eigenvalue weighted by Gasteiger charge is 2.54. The number of halogens is 1. The normalized spacial score (nSPS) is 26.1. The molecule has 6 rings (SSSR count). The number of benzene rings is 2. The number of methoxy groups -OCH3 is 2. The van der Waals surface area contributed by atoms with Gasteiger partial charge in [-0.25, -0.2) is 4.79 Å². The van der Waals surface area contributed by atoms with Crippen molar-refractivity contribution in [2.24, 2.45) is 11.8 Å². The summed E-state index contributed by atoms with van der Waals surface area (Å²) in [6.07, 6.45) is 9.67. The summed E-state index contributed by atoms with van der Waals surface area (Å²) in [5, 5.41) is 14.5. The van der Waals surface area contributed by atoms with Gasteiger partial charge in [-0.1, -0.05) is 31.5 Å². The van der Waals surface area contributed by atoms with E-state index in [1.165, 1.54) is 35.2 Å². The van der Waals surface area contributed by atoms with E-state index in [4.69, 9.17) is 25.8 Å². The Kier molecular flexibility index (Phi) is 8.93. The summed E-state index contributed by atoms with van der Waals surface area (Å²) in [4.78, 5) is 17.5. The van der Waals surface area contributed by atoms with Gasteiger partial charge >= 0.3 is 5.97 Å². The molecule has 0 saturated heterocycles. The zero-order chi connectivity index (χ0) is 31.8. The fourth-order valence-corrected chi connectivity index (χ4v) is 8.62. The van der Waals surface area contributed by atoms with Crippen LogP contribution in [0, 0.1) is 11.8 Å². The molecular weight excluding hydrogens is 588 g/mol. The highest BCUT2D eigenvalue weighted by Crippen LogP contribution is 2.57. The number of pyridine rings is 1. The summed E-state index contributed by atoms with van der Waals surface area (Å²) in [6, 6.07) is 13.6. The van der Waals surface area contributed by atoms with Crippen molar-refractivity contribution in [3.63, 3.8) is 0 Å². The summed E-state index contributed by atoms with van der Waals surface area (Å²) < 4.78 is 18.0. The van der Waals surface area contributed by atoms with Crippen molar-refractivity contribution in [2.75, 3.05) is 26.1 Å². The second-order valence-electron chi connectivity index (χ2n) is 13.6. The van der Waals surface area contributed by atoms with E-state index >= 15 is 0 Å². The Morgan fingerprint density at radius 3 is 2.56 bits per heavy atom. The number of nitrogens with one attached hydrogen (secondary N) is 1. The second kappa shape index (κ2) is 12.7. The third-order valence-corrected chi connectivity index (χ3v) is 11.0. The van der Waals surface area contributed by atoms with E-state index in [9.17, 15) is 9.90 Å². The van der Waals surface area contributed by atoms with Crippen LogP contribution in [0.5, 0.6) is 17.2 Å². The number of nitrogens with zero attached hydrogens (tertiary/aromatic N) is 1. The molecule has 0 amide bonds. The molecule has 1 heterocycles. The Morgan fingerprint density at radius 1 is 1.09 bits per heavy atom. The minimum atomic E-state index is -1.06.